The fraction of sp³-hybridized carbons (Fsp3) is 0.111. The van der Waals surface area contributed by atoms with Gasteiger partial charge in [0.05, 0.1) is 0 Å². The third-order valence-corrected chi connectivity index (χ3v) is 4.42. The Kier molecular flexibility index (Phi) is 4.59. The number of allylic oxidation sites excluding steroid dienone is 1. The summed E-state index contributed by atoms with van der Waals surface area (Å²) in [5.41, 5.74) is 1.90. The van der Waals surface area contributed by atoms with Crippen LogP contribution in [0, 0.1) is 0 Å². The molecular formula is C9H10BCl2NSi. The lowest BCUT2D eigenvalue weighted by Gasteiger charge is -2.12. The van der Waals surface area contributed by atoms with Crippen molar-refractivity contribution in [3.8, 4) is 0 Å². The monoisotopic (exact) mass is 241 g/mol. The first kappa shape index (κ1) is 11.7. The molecule has 1 N–H and O–H groups in total. The lowest BCUT2D eigenvalue weighted by Crippen LogP contribution is -2.25. The number of halogens is 2. The van der Waals surface area contributed by atoms with E-state index in [1.165, 1.54) is 6.69 Å². The molecule has 0 saturated heterocycles. The summed E-state index contributed by atoms with van der Waals surface area (Å²) in [5.74, 6) is 0. The number of para-hydroxylation sites is 1. The molecule has 0 aliphatic heterocycles. The molecule has 1 rings (SSSR count). The molecule has 0 amide bonds. The minimum atomic E-state index is -1.24. The number of anilines is 1. The zero-order valence-electron chi connectivity index (χ0n) is 7.85. The van der Waals surface area contributed by atoms with Gasteiger partial charge in [-0.3, -0.25) is 0 Å². The van der Waals surface area contributed by atoms with Crippen LogP contribution in [-0.2, 0) is 0 Å². The zero-order chi connectivity index (χ0) is 10.6. The molecule has 2 radical (unpaired) electrons. The number of hydrogen-bond acceptors (Lipinski definition) is 1. The van der Waals surface area contributed by atoms with Crippen LogP contribution in [-0.4, -0.2) is 15.0 Å². The van der Waals surface area contributed by atoms with Crippen LogP contribution in [0.1, 0.15) is 6.92 Å². The molecule has 0 aromatic heterocycles. The molecule has 0 aliphatic rings. The van der Waals surface area contributed by atoms with Gasteiger partial charge >= 0.3 is 8.27 Å². The Morgan fingerprint density at radius 1 is 1.50 bits per heavy atom. The standard InChI is InChI=1S/C9H10BCl2NSi/c1-7(2)14(12)13-9-6-4-3-5-8(9)10-11/h3-6,13H,1H2,2H3. The fourth-order valence-electron chi connectivity index (χ4n) is 0.931. The smallest absolute Gasteiger partial charge is 0.311 e. The highest BCUT2D eigenvalue weighted by atomic mass is 35.6. The van der Waals surface area contributed by atoms with Crippen LogP contribution in [0.2, 0.25) is 0 Å². The molecular weight excluding hydrogens is 232 g/mol. The molecule has 0 spiro atoms. The SMILES string of the molecule is C=C(C)[Si](Cl)Nc1ccccc1[B]Cl. The topological polar surface area (TPSA) is 12.0 Å². The predicted molar refractivity (Wildman–Crippen MR) is 67.7 cm³/mol. The van der Waals surface area contributed by atoms with Gasteiger partial charge in [0.1, 0.15) is 0 Å². The largest absolute Gasteiger partial charge is 0.396 e. The van der Waals surface area contributed by atoms with Gasteiger partial charge in [0.25, 0.3) is 6.69 Å². The van der Waals surface area contributed by atoms with Crippen molar-refractivity contribution in [3.05, 3.63) is 36.0 Å². The second-order valence-corrected chi connectivity index (χ2v) is 6.00. The molecule has 72 valence electrons. The maximum atomic E-state index is 6.11. The molecule has 0 fully saturated rings. The molecule has 14 heavy (non-hydrogen) atoms. The van der Waals surface area contributed by atoms with E-state index in [0.29, 0.717) is 0 Å². The number of rotatable bonds is 4. The van der Waals surface area contributed by atoms with E-state index < -0.39 is 8.27 Å². The van der Waals surface area contributed by atoms with Gasteiger partial charge in [0, 0.05) is 5.69 Å². The van der Waals surface area contributed by atoms with Gasteiger partial charge in [-0.05, 0) is 18.5 Å². The van der Waals surface area contributed by atoms with Crippen LogP contribution < -0.4 is 10.4 Å². The summed E-state index contributed by atoms with van der Waals surface area (Å²) >= 11 is 11.8. The van der Waals surface area contributed by atoms with Crippen LogP contribution in [0.3, 0.4) is 0 Å². The Bertz CT molecular complexity index is 332. The van der Waals surface area contributed by atoms with Crippen molar-refractivity contribution in [2.75, 3.05) is 4.98 Å². The highest BCUT2D eigenvalue weighted by Gasteiger charge is 2.11. The second-order valence-electron chi connectivity index (χ2n) is 2.92. The van der Waals surface area contributed by atoms with E-state index in [9.17, 15) is 0 Å². The normalized spacial score (nSPS) is 10.0. The Balaban J connectivity index is 2.80. The number of nitrogens with one attached hydrogen (secondary N) is 1. The molecule has 0 saturated carbocycles. The first-order chi connectivity index (χ1) is 6.65. The summed E-state index contributed by atoms with van der Waals surface area (Å²) in [6.45, 7) is 7.27. The highest BCUT2D eigenvalue weighted by molar-refractivity contribution is 7.12. The van der Waals surface area contributed by atoms with Crippen LogP contribution in [0.4, 0.5) is 5.69 Å². The van der Waals surface area contributed by atoms with E-state index in [1.54, 1.807) is 0 Å². The first-order valence-electron chi connectivity index (χ1n) is 4.13. The third kappa shape index (κ3) is 3.08. The summed E-state index contributed by atoms with van der Waals surface area (Å²) in [6, 6.07) is 7.75. The van der Waals surface area contributed by atoms with Gasteiger partial charge in [0.15, 0.2) is 0 Å². The van der Waals surface area contributed by atoms with Crippen molar-refractivity contribution < 1.29 is 0 Å². The molecule has 5 heteroatoms. The summed E-state index contributed by atoms with van der Waals surface area (Å²) in [4.78, 5) is 3.21. The molecule has 0 unspecified atom stereocenters. The molecule has 0 aliphatic carbocycles. The molecule has 1 nitrogen and oxygen atoms in total. The molecule has 0 heterocycles. The average molecular weight is 242 g/mol. The van der Waals surface area contributed by atoms with Crippen molar-refractivity contribution in [2.24, 2.45) is 0 Å². The van der Waals surface area contributed by atoms with Crippen molar-refractivity contribution in [1.82, 2.24) is 0 Å². The van der Waals surface area contributed by atoms with Gasteiger partial charge in [-0.25, -0.2) is 0 Å². The van der Waals surface area contributed by atoms with Gasteiger partial charge in [0.2, 0.25) is 0 Å². The zero-order valence-corrected chi connectivity index (χ0v) is 10.4. The summed E-state index contributed by atoms with van der Waals surface area (Å²) < 4.78 is 0. The van der Waals surface area contributed by atoms with Crippen molar-refractivity contribution in [1.29, 1.82) is 0 Å². The highest BCUT2D eigenvalue weighted by Crippen LogP contribution is 2.09. The quantitative estimate of drug-likeness (QED) is 0.631. The lowest BCUT2D eigenvalue weighted by molar-refractivity contribution is 1.64. The van der Waals surface area contributed by atoms with Crippen LogP contribution in [0.15, 0.2) is 36.0 Å². The van der Waals surface area contributed by atoms with Crippen molar-refractivity contribution in [3.63, 3.8) is 0 Å². The van der Waals surface area contributed by atoms with E-state index >= 15 is 0 Å². The fourth-order valence-corrected chi connectivity index (χ4v) is 2.10. The maximum Gasteiger partial charge on any atom is 0.311 e. The minimum absolute atomic E-state index is 0.943. The van der Waals surface area contributed by atoms with Gasteiger partial charge in [-0.2, -0.15) is 11.5 Å². The Morgan fingerprint density at radius 2 is 2.14 bits per heavy atom. The Labute approximate surface area is 96.7 Å². The Hall–Kier alpha value is -0.378. The van der Waals surface area contributed by atoms with E-state index in [1.807, 2.05) is 31.2 Å². The van der Waals surface area contributed by atoms with Crippen LogP contribution in [0.25, 0.3) is 0 Å². The number of hydrogen-bond donors (Lipinski definition) is 1. The summed E-state index contributed by atoms with van der Waals surface area (Å²) in [7, 11) is -1.24. The van der Waals surface area contributed by atoms with Crippen LogP contribution in [0.5, 0.6) is 0 Å². The van der Waals surface area contributed by atoms with E-state index in [4.69, 9.17) is 22.5 Å². The molecule has 1 aromatic rings. The van der Waals surface area contributed by atoms with Gasteiger partial charge in [-0.15, -0.1) is 17.7 Å². The predicted octanol–water partition coefficient (Wildman–Crippen LogP) is 2.42. The Morgan fingerprint density at radius 3 is 2.71 bits per heavy atom. The van der Waals surface area contributed by atoms with Gasteiger partial charge < -0.3 is 4.98 Å². The summed E-state index contributed by atoms with van der Waals surface area (Å²) in [6.07, 6.45) is 0. The average Bonchev–Trinajstić information content (AvgIpc) is 2.18. The summed E-state index contributed by atoms with van der Waals surface area (Å²) in [5, 5.41) is 0.973. The molecule has 1 aromatic carbocycles. The van der Waals surface area contributed by atoms with Crippen molar-refractivity contribution in [2.45, 2.75) is 6.92 Å². The van der Waals surface area contributed by atoms with E-state index in [0.717, 1.165) is 16.3 Å². The van der Waals surface area contributed by atoms with E-state index in [2.05, 4.69) is 11.6 Å². The third-order valence-electron chi connectivity index (χ3n) is 1.70. The molecule has 0 bridgehead atoms. The maximum absolute atomic E-state index is 6.11. The second kappa shape index (κ2) is 5.49. The minimum Gasteiger partial charge on any atom is -0.396 e. The number of benzene rings is 1. The first-order valence-corrected chi connectivity index (χ1v) is 7.08. The van der Waals surface area contributed by atoms with Gasteiger partial charge in [-0.1, -0.05) is 23.4 Å². The van der Waals surface area contributed by atoms with Crippen LogP contribution >= 0.6 is 22.5 Å². The lowest BCUT2D eigenvalue weighted by atomic mass is 9.93. The molecule has 0 atom stereocenters. The van der Waals surface area contributed by atoms with Crippen molar-refractivity contribution >= 4 is 48.7 Å². The van der Waals surface area contributed by atoms with E-state index in [-0.39, 0.29) is 0 Å².